The average molecular weight is 557 g/mol. The van der Waals surface area contributed by atoms with E-state index in [1.165, 1.54) is 28.8 Å². The third-order valence-corrected chi connectivity index (χ3v) is 6.97. The quantitative estimate of drug-likeness (QED) is 0.197. The molecule has 1 heterocycles. The maximum atomic E-state index is 9.86. The van der Waals surface area contributed by atoms with Crippen LogP contribution in [0.1, 0.15) is 33.2 Å². The number of aryl methyl sites for hydroxylation is 1. The normalized spacial score (nSPS) is 18.5. The van der Waals surface area contributed by atoms with Crippen LogP contribution in [-0.4, -0.2) is 9.55 Å². The van der Waals surface area contributed by atoms with E-state index >= 15 is 0 Å². The van der Waals surface area contributed by atoms with Gasteiger partial charge in [-0.3, -0.25) is 4.57 Å². The number of rotatable bonds is 4. The van der Waals surface area contributed by atoms with Gasteiger partial charge in [0.2, 0.25) is 0 Å². The maximum absolute atomic E-state index is 9.86. The van der Waals surface area contributed by atoms with Crippen molar-refractivity contribution in [1.29, 1.82) is 0 Å². The van der Waals surface area contributed by atoms with E-state index in [9.17, 15) is 5.48 Å². The topological polar surface area (TPSA) is 17.8 Å². The first-order chi connectivity index (χ1) is 29.0. The first kappa shape index (κ1) is 11.4. The van der Waals surface area contributed by atoms with Gasteiger partial charge in [0.05, 0.1) is 34.3 Å². The Balaban J connectivity index is 1.61. The van der Waals surface area contributed by atoms with Gasteiger partial charge in [0.25, 0.3) is 0 Å². The SMILES string of the molecule is [2H]c1c([2H])c([2H])c(-c2c3c([2H])c([2H])c([2H])c([2H])c3c(-c3c([2H])c([2H])c([2H])c([2H])c3[2H])c3c([2H])c(-c4ccc(-n5c(C([2H])([2H])[2H])nc6ccccc65)cc4)c([2H])c([2H])c23)c([2H])c1[2H]. The zero-order chi connectivity index (χ0) is 45.3. The van der Waals surface area contributed by atoms with Crippen molar-refractivity contribution in [3.63, 3.8) is 0 Å². The fourth-order valence-electron chi connectivity index (χ4n) is 5.18. The average Bonchev–Trinajstić information content (AvgIpc) is 3.65. The number of hydrogen-bond donors (Lipinski definition) is 0. The van der Waals surface area contributed by atoms with Crippen molar-refractivity contribution in [3.8, 4) is 39.1 Å². The number of para-hydroxylation sites is 2. The molecule has 8 rings (SSSR count). The molecule has 0 N–H and O–H groups in total. The molecule has 1 aromatic heterocycles. The minimum atomic E-state index is -2.64. The van der Waals surface area contributed by atoms with E-state index in [4.69, 9.17) is 21.9 Å². The van der Waals surface area contributed by atoms with Crippen LogP contribution in [0.15, 0.2) is 151 Å². The largest absolute Gasteiger partial charge is 0.297 e. The summed E-state index contributed by atoms with van der Waals surface area (Å²) >= 11 is 0. The Kier molecular flexibility index (Phi) is 2.68. The van der Waals surface area contributed by atoms with E-state index in [0.29, 0.717) is 16.7 Å². The van der Waals surface area contributed by atoms with Crippen molar-refractivity contribution in [2.75, 3.05) is 0 Å². The Hall–Kier alpha value is -5.47. The third-order valence-electron chi connectivity index (χ3n) is 6.97. The molecule has 0 amide bonds. The minimum Gasteiger partial charge on any atom is -0.297 e. The van der Waals surface area contributed by atoms with Crippen molar-refractivity contribution >= 4 is 32.6 Å². The Bertz CT molecular complexity index is 3240. The van der Waals surface area contributed by atoms with Crippen molar-refractivity contribution in [2.45, 2.75) is 6.85 Å². The van der Waals surface area contributed by atoms with E-state index in [-0.39, 0.29) is 17.0 Å². The first-order valence-corrected chi connectivity index (χ1v) is 12.8. The van der Waals surface area contributed by atoms with Gasteiger partial charge < -0.3 is 0 Å². The van der Waals surface area contributed by atoms with E-state index < -0.39 is 153 Å². The standard InChI is InChI=1S/C40H28N2/c1-27-41-37-18-10-11-19-38(37)42(27)32-23-20-28(21-24-32)31-22-25-35-36(26-31)40(30-14-6-3-7-15-30)34-17-9-8-16-33(34)39(35)29-12-4-2-5-13-29/h2-26H,1H3/i1D3,2D,3D,4D,5D,6D,7D,8D,9D,12D,13D,14D,15D,16D,17D,22D,25D,26D. The van der Waals surface area contributed by atoms with Crippen LogP contribution in [0.4, 0.5) is 0 Å². The molecule has 8 aromatic rings. The molecule has 0 radical (unpaired) electrons. The van der Waals surface area contributed by atoms with Gasteiger partial charge in [0.15, 0.2) is 0 Å². The fourth-order valence-corrected chi connectivity index (χ4v) is 5.18. The first-order valence-electron chi connectivity index (χ1n) is 22.8. The van der Waals surface area contributed by atoms with Crippen molar-refractivity contribution < 1.29 is 27.4 Å². The highest BCUT2D eigenvalue weighted by Gasteiger charge is 2.17. The summed E-state index contributed by atoms with van der Waals surface area (Å²) in [5, 5.41) is -2.09. The van der Waals surface area contributed by atoms with Crippen LogP contribution in [0, 0.1) is 6.85 Å². The third kappa shape index (κ3) is 3.92. The van der Waals surface area contributed by atoms with Crippen LogP contribution >= 0.6 is 0 Å². The summed E-state index contributed by atoms with van der Waals surface area (Å²) < 4.78 is 177. The molecule has 42 heavy (non-hydrogen) atoms. The van der Waals surface area contributed by atoms with Gasteiger partial charge in [-0.25, -0.2) is 4.98 Å². The van der Waals surface area contributed by atoms with Crippen LogP contribution in [-0.2, 0) is 0 Å². The second kappa shape index (κ2) is 9.87. The van der Waals surface area contributed by atoms with E-state index in [0.717, 1.165) is 0 Å². The summed E-state index contributed by atoms with van der Waals surface area (Å²) in [6.45, 7) is -2.64. The lowest BCUT2D eigenvalue weighted by molar-refractivity contribution is 1.00. The molecule has 0 saturated carbocycles. The highest BCUT2D eigenvalue weighted by atomic mass is 15.1. The highest BCUT2D eigenvalue weighted by Crippen LogP contribution is 2.44. The molecule has 0 aliphatic heterocycles. The maximum Gasteiger partial charge on any atom is 0.111 e. The van der Waals surface area contributed by atoms with Gasteiger partial charge in [0, 0.05) is 9.80 Å². The van der Waals surface area contributed by atoms with Gasteiger partial charge in [0.1, 0.15) is 5.82 Å². The van der Waals surface area contributed by atoms with Crippen LogP contribution in [0.5, 0.6) is 0 Å². The van der Waals surface area contributed by atoms with Crippen molar-refractivity contribution in [1.82, 2.24) is 9.55 Å². The summed E-state index contributed by atoms with van der Waals surface area (Å²) in [4.78, 5) is 4.33. The van der Waals surface area contributed by atoms with Crippen LogP contribution in [0.2, 0.25) is 0 Å². The summed E-state index contributed by atoms with van der Waals surface area (Å²) in [6, 6.07) is -1.16. The molecule has 0 aliphatic rings. The Morgan fingerprint density at radius 2 is 1.14 bits per heavy atom. The van der Waals surface area contributed by atoms with Gasteiger partial charge in [-0.05, 0) is 92.1 Å². The van der Waals surface area contributed by atoms with Crippen LogP contribution in [0.3, 0.4) is 0 Å². The van der Waals surface area contributed by atoms with Crippen molar-refractivity contribution in [3.05, 3.63) is 157 Å². The summed E-state index contributed by atoms with van der Waals surface area (Å²) in [6.07, 6.45) is 0. The molecular formula is C40H28N2. The van der Waals surface area contributed by atoms with Crippen molar-refractivity contribution in [2.24, 2.45) is 0 Å². The molecule has 2 nitrogen and oxygen atoms in total. The lowest BCUT2D eigenvalue weighted by Gasteiger charge is -2.18. The minimum absolute atomic E-state index is 0.102. The number of nitrogens with zero attached hydrogens (tertiary/aromatic N) is 2. The Labute approximate surface area is 273 Å². The molecule has 2 heteroatoms. The molecular weight excluding hydrogens is 508 g/mol. The zero-order valence-corrected chi connectivity index (χ0v) is 21.5. The van der Waals surface area contributed by atoms with E-state index in [2.05, 4.69) is 4.98 Å². The van der Waals surface area contributed by atoms with Crippen LogP contribution < -0.4 is 0 Å². The molecule has 0 unspecified atom stereocenters. The molecule has 0 saturated heterocycles. The van der Waals surface area contributed by atoms with Gasteiger partial charge in [-0.2, -0.15) is 0 Å². The molecule has 7 aromatic carbocycles. The number of aromatic nitrogens is 2. The Morgan fingerprint density at radius 3 is 1.81 bits per heavy atom. The lowest BCUT2D eigenvalue weighted by atomic mass is 9.85. The van der Waals surface area contributed by atoms with Gasteiger partial charge in [-0.15, -0.1) is 0 Å². The van der Waals surface area contributed by atoms with Gasteiger partial charge >= 0.3 is 0 Å². The fraction of sp³-hybridized carbons (Fsp3) is 0.0250. The molecule has 0 atom stereocenters. The van der Waals surface area contributed by atoms with E-state index in [1.807, 2.05) is 0 Å². The second-order valence-electron chi connectivity index (χ2n) is 9.31. The predicted molar refractivity (Wildman–Crippen MR) is 177 cm³/mol. The number of hydrogen-bond acceptors (Lipinski definition) is 1. The summed E-state index contributed by atoms with van der Waals surface area (Å²) in [7, 11) is 0. The Morgan fingerprint density at radius 1 is 0.548 bits per heavy atom. The van der Waals surface area contributed by atoms with E-state index in [1.54, 1.807) is 24.3 Å². The second-order valence-corrected chi connectivity index (χ2v) is 9.31. The molecule has 0 aliphatic carbocycles. The molecule has 0 spiro atoms. The molecule has 198 valence electrons. The van der Waals surface area contributed by atoms with Gasteiger partial charge in [-0.1, -0.05) is 121 Å². The highest BCUT2D eigenvalue weighted by molar-refractivity contribution is 6.21. The van der Waals surface area contributed by atoms with Crippen LogP contribution in [0.25, 0.3) is 71.6 Å². The number of benzene rings is 7. The number of fused-ring (bicyclic) bond motifs is 3. The predicted octanol–water partition coefficient (Wildman–Crippen LogP) is 10.6. The monoisotopic (exact) mass is 556 g/mol. The molecule has 0 fully saturated rings. The smallest absolute Gasteiger partial charge is 0.111 e. The number of imidazole rings is 1. The summed E-state index contributed by atoms with van der Waals surface area (Å²) in [5.74, 6) is -0.243. The lowest BCUT2D eigenvalue weighted by Crippen LogP contribution is -1.96. The zero-order valence-electron chi connectivity index (χ0n) is 41.5. The summed E-state index contributed by atoms with van der Waals surface area (Å²) in [5.41, 5.74) is -1.29. The molecule has 0 bridgehead atoms.